The lowest BCUT2D eigenvalue weighted by Crippen LogP contribution is -2.56. The van der Waals surface area contributed by atoms with Gasteiger partial charge in [-0.15, -0.1) is 0 Å². The largest absolute Gasteiger partial charge is 0.460 e. The van der Waals surface area contributed by atoms with Crippen LogP contribution < -0.4 is 0 Å². The van der Waals surface area contributed by atoms with E-state index >= 15 is 0 Å². The highest BCUT2D eigenvalue weighted by Crippen LogP contribution is 2.47. The lowest BCUT2D eigenvalue weighted by atomic mass is 9.61. The van der Waals surface area contributed by atoms with Crippen molar-refractivity contribution in [2.75, 3.05) is 0 Å². The fourth-order valence-corrected chi connectivity index (χ4v) is 3.83. The van der Waals surface area contributed by atoms with E-state index < -0.39 is 64.5 Å². The van der Waals surface area contributed by atoms with Gasteiger partial charge >= 0.3 is 11.9 Å². The third-order valence-corrected chi connectivity index (χ3v) is 4.84. The monoisotopic (exact) mass is 422 g/mol. The smallest absolute Gasteiger partial charge is 0.317 e. The van der Waals surface area contributed by atoms with Crippen LogP contribution in [0.1, 0.15) is 66.4 Å². The second kappa shape index (κ2) is 8.10. The van der Waals surface area contributed by atoms with Crippen molar-refractivity contribution >= 4 is 17.7 Å². The normalized spacial score (nSPS) is 27.5. The highest BCUT2D eigenvalue weighted by molar-refractivity contribution is 6.03. The number of ketones is 1. The van der Waals surface area contributed by atoms with E-state index in [1.165, 1.54) is 31.2 Å². The summed E-state index contributed by atoms with van der Waals surface area (Å²) in [5.74, 6) is -6.18. The van der Waals surface area contributed by atoms with E-state index in [-0.39, 0.29) is 0 Å². The number of rotatable bonds is 3. The first-order valence-electron chi connectivity index (χ1n) is 9.98. The molecule has 2 rings (SSSR count). The number of aliphatic hydroxyl groups is 1. The van der Waals surface area contributed by atoms with Gasteiger partial charge in [0.2, 0.25) is 0 Å². The molecule has 0 bridgehead atoms. The van der Waals surface area contributed by atoms with Crippen LogP contribution in [0.4, 0.5) is 4.39 Å². The summed E-state index contributed by atoms with van der Waals surface area (Å²) in [6, 6.07) is 5.18. The van der Waals surface area contributed by atoms with Crippen LogP contribution in [0.2, 0.25) is 0 Å². The molecular weight excluding hydrogens is 391 g/mol. The van der Waals surface area contributed by atoms with Gasteiger partial charge in [-0.05, 0) is 66.2 Å². The van der Waals surface area contributed by atoms with E-state index in [2.05, 4.69) is 0 Å². The van der Waals surface area contributed by atoms with Crippen LogP contribution in [-0.4, -0.2) is 39.6 Å². The first-order chi connectivity index (χ1) is 13.5. The van der Waals surface area contributed by atoms with Gasteiger partial charge in [0, 0.05) is 12.3 Å². The van der Waals surface area contributed by atoms with E-state index in [1.807, 2.05) is 0 Å². The Labute approximate surface area is 176 Å². The van der Waals surface area contributed by atoms with Crippen molar-refractivity contribution in [3.8, 4) is 0 Å². The Morgan fingerprint density at radius 3 is 1.93 bits per heavy atom. The van der Waals surface area contributed by atoms with E-state index in [4.69, 9.17) is 9.47 Å². The van der Waals surface area contributed by atoms with Crippen LogP contribution >= 0.6 is 0 Å². The van der Waals surface area contributed by atoms with Crippen LogP contribution in [0.15, 0.2) is 24.3 Å². The van der Waals surface area contributed by atoms with E-state index in [0.29, 0.717) is 5.56 Å². The zero-order valence-corrected chi connectivity index (χ0v) is 18.6. The number of hydrogen-bond donors (Lipinski definition) is 1. The highest BCUT2D eigenvalue weighted by atomic mass is 19.1. The molecule has 0 radical (unpaired) electrons. The van der Waals surface area contributed by atoms with Gasteiger partial charge < -0.3 is 14.6 Å². The number of Topliss-reactive ketones (excluding diaryl/α,β-unsaturated/α-hetero) is 1. The summed E-state index contributed by atoms with van der Waals surface area (Å²) in [4.78, 5) is 39.1. The molecule has 0 spiro atoms. The standard InChI is InChI=1S/C23H31FO6/c1-21(2,3)29-19(26)17-15(25)12-23(7,28)18(20(27)30-22(4,5)6)16(17)13-8-10-14(24)11-9-13/h8-11,16-18,28H,12H2,1-7H3/t16-,17+,18-,23-/m1/s1. The number of ether oxygens (including phenoxy) is 2. The number of carbonyl (C=O) groups is 3. The minimum Gasteiger partial charge on any atom is -0.460 e. The molecule has 1 aliphatic carbocycles. The first-order valence-corrected chi connectivity index (χ1v) is 9.98. The van der Waals surface area contributed by atoms with Gasteiger partial charge in [0.15, 0.2) is 5.78 Å². The van der Waals surface area contributed by atoms with E-state index in [0.717, 1.165) is 0 Å². The molecule has 0 saturated heterocycles. The second-order valence-electron chi connectivity index (χ2n) is 10.1. The summed E-state index contributed by atoms with van der Waals surface area (Å²) in [5, 5.41) is 11.0. The molecule has 1 aromatic rings. The maximum absolute atomic E-state index is 13.5. The number of benzene rings is 1. The fourth-order valence-electron chi connectivity index (χ4n) is 3.83. The third kappa shape index (κ3) is 5.65. The Morgan fingerprint density at radius 1 is 1.00 bits per heavy atom. The molecule has 4 atom stereocenters. The average Bonchev–Trinajstić information content (AvgIpc) is 2.50. The van der Waals surface area contributed by atoms with Crippen LogP contribution in [0.3, 0.4) is 0 Å². The molecule has 0 amide bonds. The van der Waals surface area contributed by atoms with Crippen molar-refractivity contribution in [2.24, 2.45) is 11.8 Å². The molecule has 1 aliphatic rings. The molecule has 0 aromatic heterocycles. The predicted molar refractivity (Wildman–Crippen MR) is 108 cm³/mol. The zero-order chi connectivity index (χ0) is 23.1. The van der Waals surface area contributed by atoms with Gasteiger partial charge in [0.05, 0.1) is 11.5 Å². The van der Waals surface area contributed by atoms with Crippen molar-refractivity contribution in [3.05, 3.63) is 35.6 Å². The number of esters is 2. The molecule has 1 fully saturated rings. The molecule has 0 aliphatic heterocycles. The molecule has 1 saturated carbocycles. The Hall–Kier alpha value is -2.28. The molecule has 1 N–H and O–H groups in total. The minimum absolute atomic E-state index is 0.372. The van der Waals surface area contributed by atoms with Crippen LogP contribution in [0.25, 0.3) is 0 Å². The lowest BCUT2D eigenvalue weighted by Gasteiger charge is -2.44. The SMILES string of the molecule is CC(C)(C)OC(=O)[C@H]1C(=O)C[C@@](C)(O)[C@@H](C(=O)OC(C)(C)C)[C@@H]1c1ccc(F)cc1. The summed E-state index contributed by atoms with van der Waals surface area (Å²) in [7, 11) is 0. The van der Waals surface area contributed by atoms with Gasteiger partial charge in [0.1, 0.15) is 22.9 Å². The summed E-state index contributed by atoms with van der Waals surface area (Å²) in [6.07, 6.45) is -0.404. The molecule has 6 nitrogen and oxygen atoms in total. The zero-order valence-electron chi connectivity index (χ0n) is 18.6. The van der Waals surface area contributed by atoms with Crippen molar-refractivity contribution in [2.45, 2.75) is 77.6 Å². The van der Waals surface area contributed by atoms with E-state index in [9.17, 15) is 23.9 Å². The fraction of sp³-hybridized carbons (Fsp3) is 0.609. The van der Waals surface area contributed by atoms with Gasteiger partial charge in [-0.3, -0.25) is 14.4 Å². The van der Waals surface area contributed by atoms with Gasteiger partial charge in [-0.25, -0.2) is 4.39 Å². The summed E-state index contributed by atoms with van der Waals surface area (Å²) in [5.41, 5.74) is -3.08. The average molecular weight is 422 g/mol. The Kier molecular flexibility index (Phi) is 6.48. The second-order valence-corrected chi connectivity index (χ2v) is 10.1. The number of halogens is 1. The van der Waals surface area contributed by atoms with Crippen molar-refractivity contribution in [3.63, 3.8) is 0 Å². The molecule has 0 heterocycles. The lowest BCUT2D eigenvalue weighted by molar-refractivity contribution is -0.182. The first kappa shape index (κ1) is 24.0. The summed E-state index contributed by atoms with van der Waals surface area (Å²) < 4.78 is 24.5. The van der Waals surface area contributed by atoms with Gasteiger partial charge in [0.25, 0.3) is 0 Å². The van der Waals surface area contributed by atoms with E-state index in [1.54, 1.807) is 41.5 Å². The molecular formula is C23H31FO6. The minimum atomic E-state index is -1.75. The molecule has 7 heteroatoms. The van der Waals surface area contributed by atoms with Crippen molar-refractivity contribution in [1.82, 2.24) is 0 Å². The van der Waals surface area contributed by atoms with Crippen LogP contribution in [0.5, 0.6) is 0 Å². The Balaban J connectivity index is 2.62. The quantitative estimate of drug-likeness (QED) is 0.592. The van der Waals surface area contributed by atoms with Crippen LogP contribution in [0, 0.1) is 17.7 Å². The predicted octanol–water partition coefficient (Wildman–Crippen LogP) is 3.55. The maximum Gasteiger partial charge on any atom is 0.317 e. The van der Waals surface area contributed by atoms with Crippen LogP contribution in [-0.2, 0) is 23.9 Å². The number of carbonyl (C=O) groups excluding carboxylic acids is 3. The topological polar surface area (TPSA) is 89.9 Å². The van der Waals surface area contributed by atoms with Gasteiger partial charge in [-0.2, -0.15) is 0 Å². The summed E-state index contributed by atoms with van der Waals surface area (Å²) >= 11 is 0. The Morgan fingerprint density at radius 2 is 1.47 bits per heavy atom. The van der Waals surface area contributed by atoms with Crippen molar-refractivity contribution in [1.29, 1.82) is 0 Å². The highest BCUT2D eigenvalue weighted by Gasteiger charge is 2.57. The molecule has 0 unspecified atom stereocenters. The molecule has 166 valence electrons. The molecule has 1 aromatic carbocycles. The van der Waals surface area contributed by atoms with Gasteiger partial charge in [-0.1, -0.05) is 12.1 Å². The number of hydrogen-bond acceptors (Lipinski definition) is 6. The van der Waals surface area contributed by atoms with Crippen molar-refractivity contribution < 1.29 is 33.4 Å². The Bertz CT molecular complexity index is 814. The summed E-state index contributed by atoms with van der Waals surface area (Å²) in [6.45, 7) is 11.5. The maximum atomic E-state index is 13.5. The third-order valence-electron chi connectivity index (χ3n) is 4.84. The molecule has 30 heavy (non-hydrogen) atoms.